The Labute approximate surface area is 116 Å². The van der Waals surface area contributed by atoms with E-state index in [2.05, 4.69) is 0 Å². The van der Waals surface area contributed by atoms with Gasteiger partial charge in [-0.15, -0.1) is 0 Å². The third kappa shape index (κ3) is 4.45. The Hall–Kier alpha value is -0.620. The molecular formula is C13H25NO4S. The van der Waals surface area contributed by atoms with Gasteiger partial charge in [-0.2, -0.15) is 4.31 Å². The maximum absolute atomic E-state index is 12.6. The second-order valence-corrected chi connectivity index (χ2v) is 7.41. The van der Waals surface area contributed by atoms with Crippen molar-refractivity contribution in [3.63, 3.8) is 0 Å². The van der Waals surface area contributed by atoms with Crippen LogP contribution in [0.15, 0.2) is 0 Å². The van der Waals surface area contributed by atoms with Crippen molar-refractivity contribution in [3.8, 4) is 0 Å². The summed E-state index contributed by atoms with van der Waals surface area (Å²) < 4.78 is 31.3. The molecule has 0 aromatic heterocycles. The maximum Gasteiger partial charge on any atom is 0.321 e. The Balaban J connectivity index is 2.81. The molecule has 1 fully saturated rings. The van der Waals surface area contributed by atoms with Crippen LogP contribution in [0.25, 0.3) is 0 Å². The molecule has 0 saturated heterocycles. The Morgan fingerprint density at radius 3 is 2.32 bits per heavy atom. The van der Waals surface area contributed by atoms with Gasteiger partial charge in [0.05, 0.1) is 11.9 Å². The molecule has 1 rings (SSSR count). The highest BCUT2D eigenvalue weighted by Gasteiger charge is 2.35. The molecule has 0 aromatic rings. The van der Waals surface area contributed by atoms with Crippen molar-refractivity contribution < 1.29 is 17.9 Å². The minimum absolute atomic E-state index is 0.176. The van der Waals surface area contributed by atoms with Gasteiger partial charge < -0.3 is 4.74 Å². The van der Waals surface area contributed by atoms with Crippen molar-refractivity contribution in [1.82, 2.24) is 4.31 Å². The van der Waals surface area contributed by atoms with Crippen LogP contribution in [-0.4, -0.2) is 43.1 Å². The molecule has 1 saturated carbocycles. The fraction of sp³-hybridized carbons (Fsp3) is 0.923. The van der Waals surface area contributed by atoms with Crippen molar-refractivity contribution in [1.29, 1.82) is 0 Å². The summed E-state index contributed by atoms with van der Waals surface area (Å²) in [6.07, 6.45) is 4.42. The molecule has 0 bridgehead atoms. The van der Waals surface area contributed by atoms with Crippen LogP contribution in [0.5, 0.6) is 0 Å². The second kappa shape index (κ2) is 7.24. The van der Waals surface area contributed by atoms with Crippen LogP contribution < -0.4 is 0 Å². The molecule has 1 aliphatic rings. The number of hydrogen-bond donors (Lipinski definition) is 0. The first-order valence-electron chi connectivity index (χ1n) is 7.05. The number of hydrogen-bond acceptors (Lipinski definition) is 4. The third-order valence-electron chi connectivity index (χ3n) is 3.47. The minimum Gasteiger partial charge on any atom is -0.465 e. The standard InChI is InChI=1S/C13H25NO4S/c1-4-18-13(15)10-14(11(2)3)19(16,17)12-8-6-5-7-9-12/h11-12H,4-10H2,1-3H3. The van der Waals surface area contributed by atoms with Crippen molar-refractivity contribution >= 4 is 16.0 Å². The maximum atomic E-state index is 12.6. The van der Waals surface area contributed by atoms with E-state index in [0.29, 0.717) is 12.8 Å². The lowest BCUT2D eigenvalue weighted by atomic mass is 10.0. The van der Waals surface area contributed by atoms with Crippen molar-refractivity contribution in [3.05, 3.63) is 0 Å². The van der Waals surface area contributed by atoms with E-state index in [4.69, 9.17) is 4.74 Å². The van der Waals surface area contributed by atoms with Gasteiger partial charge in [-0.3, -0.25) is 4.79 Å². The molecule has 5 nitrogen and oxygen atoms in total. The molecule has 0 heterocycles. The van der Waals surface area contributed by atoms with Gasteiger partial charge in [0.25, 0.3) is 0 Å². The summed E-state index contributed by atoms with van der Waals surface area (Å²) in [5.41, 5.74) is 0. The van der Waals surface area contributed by atoms with Crippen molar-refractivity contribution in [2.24, 2.45) is 0 Å². The Morgan fingerprint density at radius 1 is 1.26 bits per heavy atom. The summed E-state index contributed by atoms with van der Waals surface area (Å²) >= 11 is 0. The fourth-order valence-corrected chi connectivity index (χ4v) is 4.64. The third-order valence-corrected chi connectivity index (χ3v) is 5.98. The highest BCUT2D eigenvalue weighted by atomic mass is 32.2. The number of ether oxygens (including phenoxy) is 1. The molecule has 0 amide bonds. The first kappa shape index (κ1) is 16.4. The SMILES string of the molecule is CCOC(=O)CN(C(C)C)S(=O)(=O)C1CCCCC1. The smallest absolute Gasteiger partial charge is 0.321 e. The monoisotopic (exact) mass is 291 g/mol. The molecule has 0 atom stereocenters. The Bertz CT molecular complexity index is 385. The quantitative estimate of drug-likeness (QED) is 0.701. The van der Waals surface area contributed by atoms with E-state index in [9.17, 15) is 13.2 Å². The molecule has 1 aliphatic carbocycles. The Morgan fingerprint density at radius 2 is 1.84 bits per heavy atom. The molecule has 0 aliphatic heterocycles. The topological polar surface area (TPSA) is 63.7 Å². The van der Waals surface area contributed by atoms with Gasteiger partial charge in [-0.1, -0.05) is 19.3 Å². The van der Waals surface area contributed by atoms with Crippen LogP contribution in [0.1, 0.15) is 52.9 Å². The summed E-state index contributed by atoms with van der Waals surface area (Å²) in [4.78, 5) is 11.6. The highest BCUT2D eigenvalue weighted by molar-refractivity contribution is 7.89. The predicted octanol–water partition coefficient (Wildman–Crippen LogP) is 1.92. The minimum atomic E-state index is -3.40. The van der Waals surface area contributed by atoms with Gasteiger partial charge in [0.2, 0.25) is 10.0 Å². The zero-order chi connectivity index (χ0) is 14.5. The second-order valence-electron chi connectivity index (χ2n) is 5.25. The van der Waals surface area contributed by atoms with Gasteiger partial charge in [0, 0.05) is 6.04 Å². The lowest BCUT2D eigenvalue weighted by Crippen LogP contribution is -2.46. The van der Waals surface area contributed by atoms with E-state index in [1.807, 2.05) is 0 Å². The van der Waals surface area contributed by atoms with E-state index in [0.717, 1.165) is 19.3 Å². The zero-order valence-electron chi connectivity index (χ0n) is 12.1. The molecule has 0 spiro atoms. The van der Waals surface area contributed by atoms with E-state index in [-0.39, 0.29) is 24.4 Å². The van der Waals surface area contributed by atoms with Crippen molar-refractivity contribution in [2.45, 2.75) is 64.2 Å². The lowest BCUT2D eigenvalue weighted by molar-refractivity contribution is -0.143. The van der Waals surface area contributed by atoms with Crippen LogP contribution in [0.4, 0.5) is 0 Å². The predicted molar refractivity (Wildman–Crippen MR) is 74.3 cm³/mol. The molecule has 19 heavy (non-hydrogen) atoms. The normalized spacial score (nSPS) is 17.9. The van der Waals surface area contributed by atoms with Crippen molar-refractivity contribution in [2.75, 3.05) is 13.2 Å². The van der Waals surface area contributed by atoms with E-state index >= 15 is 0 Å². The average molecular weight is 291 g/mol. The molecular weight excluding hydrogens is 266 g/mol. The molecule has 0 N–H and O–H groups in total. The molecule has 0 radical (unpaired) electrons. The van der Waals surface area contributed by atoms with Crippen LogP contribution in [0.2, 0.25) is 0 Å². The fourth-order valence-electron chi connectivity index (χ4n) is 2.45. The highest BCUT2D eigenvalue weighted by Crippen LogP contribution is 2.27. The summed E-state index contributed by atoms with van der Waals surface area (Å²) in [5, 5.41) is -0.335. The first-order valence-corrected chi connectivity index (χ1v) is 8.56. The number of carbonyl (C=O) groups excluding carboxylic acids is 1. The zero-order valence-corrected chi connectivity index (χ0v) is 12.9. The first-order chi connectivity index (χ1) is 8.89. The summed E-state index contributed by atoms with van der Waals surface area (Å²) in [5.74, 6) is -0.476. The molecule has 112 valence electrons. The largest absolute Gasteiger partial charge is 0.465 e. The van der Waals surface area contributed by atoms with E-state index in [1.165, 1.54) is 4.31 Å². The summed E-state index contributed by atoms with van der Waals surface area (Å²) in [6.45, 7) is 5.39. The van der Waals surface area contributed by atoms with Crippen LogP contribution >= 0.6 is 0 Å². The van der Waals surface area contributed by atoms with Gasteiger partial charge in [0.1, 0.15) is 6.54 Å². The number of nitrogens with zero attached hydrogens (tertiary/aromatic N) is 1. The van der Waals surface area contributed by atoms with Crippen LogP contribution in [0.3, 0.4) is 0 Å². The number of esters is 1. The summed E-state index contributed by atoms with van der Waals surface area (Å²) in [6, 6.07) is -0.226. The number of rotatable bonds is 6. The molecule has 0 aromatic carbocycles. The average Bonchev–Trinajstić information content (AvgIpc) is 2.37. The molecule has 6 heteroatoms. The van der Waals surface area contributed by atoms with Gasteiger partial charge >= 0.3 is 5.97 Å². The van der Waals surface area contributed by atoms with Gasteiger partial charge in [-0.25, -0.2) is 8.42 Å². The van der Waals surface area contributed by atoms with E-state index in [1.54, 1.807) is 20.8 Å². The van der Waals surface area contributed by atoms with Crippen LogP contribution in [-0.2, 0) is 19.6 Å². The number of sulfonamides is 1. The Kier molecular flexibility index (Phi) is 6.26. The number of carbonyl (C=O) groups is 1. The van der Waals surface area contributed by atoms with Crippen LogP contribution in [0, 0.1) is 0 Å². The molecule has 0 unspecified atom stereocenters. The summed E-state index contributed by atoms with van der Waals surface area (Å²) in [7, 11) is -3.40. The van der Waals surface area contributed by atoms with Gasteiger partial charge in [-0.05, 0) is 33.6 Å². The lowest BCUT2D eigenvalue weighted by Gasteiger charge is -2.31. The van der Waals surface area contributed by atoms with E-state index < -0.39 is 16.0 Å². The van der Waals surface area contributed by atoms with Gasteiger partial charge in [0.15, 0.2) is 0 Å².